The molecule has 1 aliphatic rings. The van der Waals surface area contributed by atoms with Crippen LogP contribution in [0, 0.1) is 6.92 Å². The van der Waals surface area contributed by atoms with Crippen molar-refractivity contribution >= 4 is 32.2 Å². The Morgan fingerprint density at radius 3 is 1.87 bits per heavy atom. The number of carbonyl (C=O) groups excluding carboxylic acids is 4. The molecule has 0 N–H and O–H groups in total. The van der Waals surface area contributed by atoms with Crippen molar-refractivity contribution in [3.63, 3.8) is 0 Å². The number of carbonyl (C=O) groups is 4. The zero-order chi connectivity index (χ0) is 33.7. The van der Waals surface area contributed by atoms with E-state index in [2.05, 4.69) is 33.9 Å². The topological polar surface area (TPSA) is 124 Å². The third kappa shape index (κ3) is 9.64. The van der Waals surface area contributed by atoms with E-state index in [1.807, 2.05) is 49.4 Å². The molecule has 0 radical (unpaired) electrons. The Morgan fingerprint density at radius 2 is 1.33 bits per heavy atom. The molecule has 10 nitrogen and oxygen atoms in total. The van der Waals surface area contributed by atoms with Crippen LogP contribution in [0.1, 0.15) is 76.8 Å². The molecule has 0 aliphatic carbocycles. The Balaban J connectivity index is 1.98. The van der Waals surface area contributed by atoms with E-state index in [4.69, 9.17) is 28.1 Å². The number of rotatable bonds is 10. The molecule has 0 spiro atoms. The number of benzene rings is 2. The van der Waals surface area contributed by atoms with Crippen LogP contribution in [0.15, 0.2) is 42.5 Å². The number of esters is 4. The van der Waals surface area contributed by atoms with E-state index < -0.39 is 62.7 Å². The molecule has 246 valence electrons. The smallest absolute Gasteiger partial charge is 0.303 e. The van der Waals surface area contributed by atoms with Gasteiger partial charge in [0.25, 0.3) is 0 Å². The van der Waals surface area contributed by atoms with Crippen molar-refractivity contribution < 1.29 is 47.3 Å². The molecule has 1 saturated heterocycles. The van der Waals surface area contributed by atoms with Crippen molar-refractivity contribution in [1.82, 2.24) is 0 Å². The summed E-state index contributed by atoms with van der Waals surface area (Å²) >= 11 is 0. The Hall–Kier alpha value is -3.70. The molecule has 1 heterocycles. The molecule has 45 heavy (non-hydrogen) atoms. The molecule has 2 aromatic carbocycles. The molecule has 3 rings (SSSR count). The van der Waals surface area contributed by atoms with Crippen molar-refractivity contribution in [3.05, 3.63) is 64.7 Å². The maximum Gasteiger partial charge on any atom is 0.303 e. The zero-order valence-corrected chi connectivity index (χ0v) is 28.9. The van der Waals surface area contributed by atoms with Crippen molar-refractivity contribution in [2.45, 2.75) is 110 Å². The number of hydrogen-bond donors (Lipinski definition) is 0. The first kappa shape index (κ1) is 35.8. The lowest BCUT2D eigenvalue weighted by atomic mass is 9.88. The van der Waals surface area contributed by atoms with Gasteiger partial charge in [-0.05, 0) is 65.9 Å². The summed E-state index contributed by atoms with van der Waals surface area (Å²) in [6, 6.07) is 13.8. The highest BCUT2D eigenvalue weighted by molar-refractivity contribution is 6.74. The maximum atomic E-state index is 12.3. The van der Waals surface area contributed by atoms with E-state index in [9.17, 15) is 19.2 Å². The normalized spacial score (nSPS) is 21.8. The van der Waals surface area contributed by atoms with Crippen LogP contribution in [0.3, 0.4) is 0 Å². The Kier molecular flexibility index (Phi) is 11.6. The van der Waals surface area contributed by atoms with Gasteiger partial charge in [-0.2, -0.15) is 0 Å². The lowest BCUT2D eigenvalue weighted by Crippen LogP contribution is -2.59. The first-order valence-electron chi connectivity index (χ1n) is 15.1. The minimum Gasteiger partial charge on any atom is -0.544 e. The van der Waals surface area contributed by atoms with E-state index in [1.54, 1.807) is 0 Å². The fourth-order valence-electron chi connectivity index (χ4n) is 4.90. The molecule has 0 aromatic heterocycles. The molecule has 1 fully saturated rings. The maximum absolute atomic E-state index is 12.3. The molecule has 1 aliphatic heterocycles. The van der Waals surface area contributed by atoms with E-state index in [0.717, 1.165) is 22.4 Å². The van der Waals surface area contributed by atoms with Crippen LogP contribution in [0.5, 0.6) is 5.75 Å². The third-order valence-electron chi connectivity index (χ3n) is 8.19. The first-order valence-corrected chi connectivity index (χ1v) is 18.0. The quantitative estimate of drug-likeness (QED) is 0.179. The fourth-order valence-corrected chi connectivity index (χ4v) is 5.93. The third-order valence-corrected chi connectivity index (χ3v) is 12.5. The predicted molar refractivity (Wildman–Crippen MR) is 169 cm³/mol. The molecule has 5 atom stereocenters. The lowest BCUT2D eigenvalue weighted by Gasteiger charge is -2.44. The predicted octanol–water partition coefficient (Wildman–Crippen LogP) is 5.77. The van der Waals surface area contributed by atoms with Crippen LogP contribution >= 0.6 is 0 Å². The molecule has 0 saturated carbocycles. The Bertz CT molecular complexity index is 1380. The average Bonchev–Trinajstić information content (AvgIpc) is 2.90. The van der Waals surface area contributed by atoms with Gasteiger partial charge in [0, 0.05) is 27.7 Å². The highest BCUT2D eigenvalue weighted by atomic mass is 28.4. The molecule has 0 unspecified atom stereocenters. The number of hydrogen-bond acceptors (Lipinski definition) is 10. The van der Waals surface area contributed by atoms with Gasteiger partial charge in [-0.15, -0.1) is 0 Å². The van der Waals surface area contributed by atoms with Gasteiger partial charge in [0.05, 0.1) is 0 Å². The van der Waals surface area contributed by atoms with Crippen LogP contribution in [0.4, 0.5) is 0 Å². The van der Waals surface area contributed by atoms with Crippen LogP contribution < -0.4 is 4.43 Å². The molecule has 0 bridgehead atoms. The fraction of sp³-hybridized carbons (Fsp3) is 0.529. The Labute approximate surface area is 266 Å². The molecular weight excluding hydrogens is 596 g/mol. The van der Waals surface area contributed by atoms with Gasteiger partial charge in [-0.1, -0.05) is 51.1 Å². The summed E-state index contributed by atoms with van der Waals surface area (Å²) < 4.78 is 34.8. The largest absolute Gasteiger partial charge is 0.544 e. The zero-order valence-electron chi connectivity index (χ0n) is 27.9. The summed E-state index contributed by atoms with van der Waals surface area (Å²) in [5, 5.41) is 0.0816. The molecule has 0 amide bonds. The van der Waals surface area contributed by atoms with Crippen LogP contribution in [-0.2, 0) is 49.3 Å². The number of aryl methyl sites for hydroxylation is 1. The van der Waals surface area contributed by atoms with E-state index in [-0.39, 0.29) is 11.6 Å². The van der Waals surface area contributed by atoms with Gasteiger partial charge in [-0.25, -0.2) is 0 Å². The summed E-state index contributed by atoms with van der Waals surface area (Å²) in [6.07, 6.45) is -4.95. The monoisotopic (exact) mass is 642 g/mol. The van der Waals surface area contributed by atoms with Crippen LogP contribution in [0.25, 0.3) is 0 Å². The second-order valence-electron chi connectivity index (χ2n) is 13.0. The van der Waals surface area contributed by atoms with Crippen LogP contribution in [-0.4, -0.2) is 63.2 Å². The second-order valence-corrected chi connectivity index (χ2v) is 17.7. The van der Waals surface area contributed by atoms with Crippen molar-refractivity contribution in [1.29, 1.82) is 0 Å². The van der Waals surface area contributed by atoms with Crippen LogP contribution in [0.2, 0.25) is 18.1 Å². The van der Waals surface area contributed by atoms with E-state index in [0.29, 0.717) is 12.0 Å². The van der Waals surface area contributed by atoms with Gasteiger partial charge in [-0.3, -0.25) is 19.2 Å². The summed E-state index contributed by atoms with van der Waals surface area (Å²) in [5.41, 5.74) is 3.75. The van der Waals surface area contributed by atoms with Gasteiger partial charge in [0.15, 0.2) is 18.3 Å². The summed E-state index contributed by atoms with van der Waals surface area (Å²) in [7, 11) is -1.98. The summed E-state index contributed by atoms with van der Waals surface area (Å²) in [5.74, 6) is -1.72. The van der Waals surface area contributed by atoms with Gasteiger partial charge >= 0.3 is 23.9 Å². The average molecular weight is 643 g/mol. The van der Waals surface area contributed by atoms with E-state index >= 15 is 0 Å². The highest BCUT2D eigenvalue weighted by Crippen LogP contribution is 2.39. The minimum atomic E-state index is -1.98. The number of ether oxygens (including phenoxy) is 5. The van der Waals surface area contributed by atoms with Crippen molar-refractivity contribution in [3.8, 4) is 5.75 Å². The van der Waals surface area contributed by atoms with Gasteiger partial charge < -0.3 is 28.1 Å². The summed E-state index contributed by atoms with van der Waals surface area (Å²) in [6.45, 7) is 17.6. The summed E-state index contributed by atoms with van der Waals surface area (Å²) in [4.78, 5) is 48.2. The van der Waals surface area contributed by atoms with Crippen molar-refractivity contribution in [2.75, 3.05) is 6.61 Å². The standard InChI is InChI=1S/C34H46O10Si/c1-20-11-14-26(18-27(20)17-25-12-15-28(16-13-25)44-45(9,10)34(6,7)8)30-32(41-23(4)37)33(42-24(5)38)31(40-22(3)36)29(43-30)19-39-21(2)35/h11-16,18,29-33H,17,19H2,1-10H3/t29-,30+,31-,32+,33+/m1/s1. The second kappa shape index (κ2) is 14.6. The van der Waals surface area contributed by atoms with Gasteiger partial charge in [0.1, 0.15) is 24.6 Å². The van der Waals surface area contributed by atoms with Gasteiger partial charge in [0.2, 0.25) is 8.32 Å². The highest BCUT2D eigenvalue weighted by Gasteiger charge is 2.52. The minimum absolute atomic E-state index is 0.0816. The molecule has 2 aromatic rings. The lowest BCUT2D eigenvalue weighted by molar-refractivity contribution is -0.254. The SMILES string of the molecule is CC(=O)OC[C@H]1O[C@@H](c2ccc(C)c(Cc3ccc(O[Si](C)(C)C(C)(C)C)cc3)c2)[C@H](OC(C)=O)[C@@H](OC(C)=O)[C@@H]1OC(C)=O. The Morgan fingerprint density at radius 1 is 0.778 bits per heavy atom. The van der Waals surface area contributed by atoms with Crippen molar-refractivity contribution in [2.24, 2.45) is 0 Å². The molecule has 11 heteroatoms. The first-order chi connectivity index (χ1) is 20.9. The van der Waals surface area contributed by atoms with E-state index in [1.165, 1.54) is 27.7 Å². The molecular formula is C34H46O10Si.